The molecular formula is C8H7ClO2S. The Morgan fingerprint density at radius 2 is 2.17 bits per heavy atom. The molecule has 0 aromatic heterocycles. The van der Waals surface area contributed by atoms with Gasteiger partial charge in [-0.3, -0.25) is 4.79 Å². The fourth-order valence-electron chi connectivity index (χ4n) is 0.682. The van der Waals surface area contributed by atoms with Crippen molar-refractivity contribution in [1.82, 2.24) is 0 Å². The third kappa shape index (κ3) is 2.43. The maximum Gasteiger partial charge on any atom is 0.321 e. The largest absolute Gasteiger partial charge is 0.424 e. The zero-order valence-corrected chi connectivity index (χ0v) is 7.81. The van der Waals surface area contributed by atoms with Crippen LogP contribution in [-0.4, -0.2) is 11.7 Å². The molecule has 0 aliphatic rings. The van der Waals surface area contributed by atoms with E-state index in [4.69, 9.17) is 16.3 Å². The first-order chi connectivity index (χ1) is 5.74. The first kappa shape index (κ1) is 9.42. The van der Waals surface area contributed by atoms with Crippen LogP contribution in [0.1, 0.15) is 0 Å². The number of esters is 1. The molecular weight excluding hydrogens is 196 g/mol. The van der Waals surface area contributed by atoms with Gasteiger partial charge in [-0.2, -0.15) is 12.6 Å². The zero-order valence-electron chi connectivity index (χ0n) is 6.16. The van der Waals surface area contributed by atoms with Gasteiger partial charge in [0.15, 0.2) is 0 Å². The molecule has 0 amide bonds. The van der Waals surface area contributed by atoms with Gasteiger partial charge in [-0.1, -0.05) is 23.7 Å². The second kappa shape index (κ2) is 4.38. The molecule has 0 radical (unpaired) electrons. The summed E-state index contributed by atoms with van der Waals surface area (Å²) >= 11 is 9.49. The van der Waals surface area contributed by atoms with E-state index in [2.05, 4.69) is 12.6 Å². The number of rotatable bonds is 2. The SMILES string of the molecule is O=C(CS)Oc1ccccc1Cl. The fourth-order valence-corrected chi connectivity index (χ4v) is 0.921. The number of hydrogen-bond donors (Lipinski definition) is 1. The lowest BCUT2D eigenvalue weighted by atomic mass is 10.3. The van der Waals surface area contributed by atoms with Crippen LogP contribution in [0, 0.1) is 0 Å². The van der Waals surface area contributed by atoms with Gasteiger partial charge < -0.3 is 4.74 Å². The lowest BCUT2D eigenvalue weighted by Crippen LogP contribution is -2.08. The molecule has 0 spiro atoms. The number of carbonyl (C=O) groups excluding carboxylic acids is 1. The molecule has 1 rings (SSSR count). The Kier molecular flexibility index (Phi) is 3.44. The third-order valence-corrected chi connectivity index (χ3v) is 1.76. The smallest absolute Gasteiger partial charge is 0.321 e. The normalized spacial score (nSPS) is 9.50. The van der Waals surface area contributed by atoms with E-state index in [-0.39, 0.29) is 5.75 Å². The van der Waals surface area contributed by atoms with Gasteiger partial charge >= 0.3 is 5.97 Å². The number of halogens is 1. The topological polar surface area (TPSA) is 26.3 Å². The Labute approximate surface area is 80.9 Å². The highest BCUT2D eigenvalue weighted by molar-refractivity contribution is 7.81. The van der Waals surface area contributed by atoms with Crippen LogP contribution in [0.25, 0.3) is 0 Å². The molecule has 1 aromatic carbocycles. The lowest BCUT2D eigenvalue weighted by Gasteiger charge is -2.02. The predicted octanol–water partition coefficient (Wildman–Crippen LogP) is 2.18. The summed E-state index contributed by atoms with van der Waals surface area (Å²) < 4.78 is 4.85. The second-order valence-corrected chi connectivity index (χ2v) is 2.79. The Hall–Kier alpha value is -0.670. The lowest BCUT2D eigenvalue weighted by molar-refractivity contribution is -0.131. The summed E-state index contributed by atoms with van der Waals surface area (Å²) in [5.41, 5.74) is 0. The van der Waals surface area contributed by atoms with E-state index in [1.165, 1.54) is 0 Å². The molecule has 0 N–H and O–H groups in total. The molecule has 1 aromatic rings. The zero-order chi connectivity index (χ0) is 8.97. The van der Waals surface area contributed by atoms with Crippen LogP contribution >= 0.6 is 24.2 Å². The minimum absolute atomic E-state index is 0.0468. The summed E-state index contributed by atoms with van der Waals surface area (Å²) in [5.74, 6) is 0.00949. The number of carbonyl (C=O) groups is 1. The number of hydrogen-bond acceptors (Lipinski definition) is 3. The van der Waals surface area contributed by atoms with Crippen molar-refractivity contribution >= 4 is 30.2 Å². The predicted molar refractivity (Wildman–Crippen MR) is 50.9 cm³/mol. The van der Waals surface area contributed by atoms with Gasteiger partial charge in [-0.05, 0) is 12.1 Å². The second-order valence-electron chi connectivity index (χ2n) is 2.06. The van der Waals surface area contributed by atoms with E-state index in [0.29, 0.717) is 10.8 Å². The molecule has 12 heavy (non-hydrogen) atoms. The highest BCUT2D eigenvalue weighted by Crippen LogP contribution is 2.23. The fraction of sp³-hybridized carbons (Fsp3) is 0.125. The quantitative estimate of drug-likeness (QED) is 0.452. The molecule has 0 fully saturated rings. The maximum atomic E-state index is 10.8. The van der Waals surface area contributed by atoms with Crippen LogP contribution in [0.2, 0.25) is 5.02 Å². The van der Waals surface area contributed by atoms with Crippen LogP contribution < -0.4 is 4.74 Å². The van der Waals surface area contributed by atoms with Gasteiger partial charge in [0.25, 0.3) is 0 Å². The van der Waals surface area contributed by atoms with Crippen LogP contribution in [0.5, 0.6) is 5.75 Å². The Bertz CT molecular complexity index is 288. The molecule has 64 valence electrons. The molecule has 0 saturated carbocycles. The van der Waals surface area contributed by atoms with Gasteiger partial charge in [-0.15, -0.1) is 0 Å². The average molecular weight is 203 g/mol. The van der Waals surface area contributed by atoms with E-state index in [1.807, 2.05) is 0 Å². The number of benzene rings is 1. The van der Waals surface area contributed by atoms with Crippen LogP contribution in [0.15, 0.2) is 24.3 Å². The van der Waals surface area contributed by atoms with Crippen molar-refractivity contribution in [2.45, 2.75) is 0 Å². The van der Waals surface area contributed by atoms with Crippen molar-refractivity contribution in [3.63, 3.8) is 0 Å². The van der Waals surface area contributed by atoms with Crippen molar-refractivity contribution in [2.24, 2.45) is 0 Å². The number of para-hydroxylation sites is 1. The van der Waals surface area contributed by atoms with E-state index < -0.39 is 5.97 Å². The van der Waals surface area contributed by atoms with E-state index in [0.717, 1.165) is 0 Å². The third-order valence-electron chi connectivity index (χ3n) is 1.19. The summed E-state index contributed by atoms with van der Waals surface area (Å²) in [7, 11) is 0. The molecule has 4 heteroatoms. The molecule has 0 atom stereocenters. The summed E-state index contributed by atoms with van der Waals surface area (Å²) in [6.07, 6.45) is 0. The van der Waals surface area contributed by atoms with Crippen molar-refractivity contribution in [2.75, 3.05) is 5.75 Å². The minimum atomic E-state index is -0.411. The standard InChI is InChI=1S/C8H7ClO2S/c9-6-3-1-2-4-7(6)11-8(10)5-12/h1-4,12H,5H2. The molecule has 0 saturated heterocycles. The maximum absolute atomic E-state index is 10.8. The van der Waals surface area contributed by atoms with Crippen molar-refractivity contribution in [3.05, 3.63) is 29.3 Å². The van der Waals surface area contributed by atoms with Gasteiger partial charge in [0.1, 0.15) is 5.75 Å². The summed E-state index contributed by atoms with van der Waals surface area (Å²) in [6, 6.07) is 6.79. The summed E-state index contributed by atoms with van der Waals surface area (Å²) in [5, 5.41) is 0.424. The Balaban J connectivity index is 2.75. The molecule has 0 unspecified atom stereocenters. The van der Waals surface area contributed by atoms with Crippen LogP contribution in [0.4, 0.5) is 0 Å². The Morgan fingerprint density at radius 1 is 1.50 bits per heavy atom. The van der Waals surface area contributed by atoms with Crippen molar-refractivity contribution in [1.29, 1.82) is 0 Å². The van der Waals surface area contributed by atoms with E-state index >= 15 is 0 Å². The van der Waals surface area contributed by atoms with E-state index in [9.17, 15) is 4.79 Å². The van der Waals surface area contributed by atoms with Gasteiger partial charge in [0.2, 0.25) is 0 Å². The van der Waals surface area contributed by atoms with Gasteiger partial charge in [-0.25, -0.2) is 0 Å². The first-order valence-electron chi connectivity index (χ1n) is 3.30. The number of ether oxygens (including phenoxy) is 1. The molecule has 2 nitrogen and oxygen atoms in total. The monoisotopic (exact) mass is 202 g/mol. The highest BCUT2D eigenvalue weighted by Gasteiger charge is 2.04. The molecule has 0 heterocycles. The summed E-state index contributed by atoms with van der Waals surface area (Å²) in [4.78, 5) is 10.8. The van der Waals surface area contributed by atoms with Crippen LogP contribution in [-0.2, 0) is 4.79 Å². The average Bonchev–Trinajstić information content (AvgIpc) is 2.09. The Morgan fingerprint density at radius 3 is 2.75 bits per heavy atom. The van der Waals surface area contributed by atoms with Gasteiger partial charge in [0.05, 0.1) is 10.8 Å². The number of thiol groups is 1. The molecule has 0 aliphatic heterocycles. The van der Waals surface area contributed by atoms with Gasteiger partial charge in [0, 0.05) is 0 Å². The molecule has 0 aliphatic carbocycles. The highest BCUT2D eigenvalue weighted by atomic mass is 35.5. The van der Waals surface area contributed by atoms with Crippen LogP contribution in [0.3, 0.4) is 0 Å². The van der Waals surface area contributed by atoms with Crippen molar-refractivity contribution < 1.29 is 9.53 Å². The first-order valence-corrected chi connectivity index (χ1v) is 4.31. The minimum Gasteiger partial charge on any atom is -0.424 e. The van der Waals surface area contributed by atoms with Crippen molar-refractivity contribution in [3.8, 4) is 5.75 Å². The van der Waals surface area contributed by atoms with E-state index in [1.54, 1.807) is 24.3 Å². The molecule has 0 bridgehead atoms. The summed E-state index contributed by atoms with van der Waals surface area (Å²) in [6.45, 7) is 0.